The minimum absolute atomic E-state index is 0.0135. The van der Waals surface area contributed by atoms with E-state index in [0.717, 1.165) is 23.7 Å². The summed E-state index contributed by atoms with van der Waals surface area (Å²) in [7, 11) is -4.52. The lowest BCUT2D eigenvalue weighted by molar-refractivity contribution is 0.377. The number of rotatable bonds is 8. The van der Waals surface area contributed by atoms with E-state index >= 15 is 4.39 Å². The summed E-state index contributed by atoms with van der Waals surface area (Å²) in [6, 6.07) is 2.62. The summed E-state index contributed by atoms with van der Waals surface area (Å²) in [5.41, 5.74) is 7.93. The highest BCUT2D eigenvalue weighted by Crippen LogP contribution is 2.37. The number of hydrogen-bond donors (Lipinski definition) is 4. The summed E-state index contributed by atoms with van der Waals surface area (Å²) in [5, 5.41) is 0.858. The normalized spacial score (nSPS) is 12.4. The molecular weight excluding hydrogens is 464 g/mol. The summed E-state index contributed by atoms with van der Waals surface area (Å²) >= 11 is 3.42. The maximum atomic E-state index is 15.1. The number of hydrogen-bond acceptors (Lipinski definition) is 4. The lowest BCUT2D eigenvalue weighted by atomic mass is 9.92. The molecule has 0 amide bonds. The Morgan fingerprint density at radius 1 is 1.31 bits per heavy atom. The molecule has 3 rings (SSSR count). The van der Waals surface area contributed by atoms with E-state index < -0.39 is 18.9 Å². The number of anilines is 1. The molecule has 0 fully saturated rings. The van der Waals surface area contributed by atoms with Crippen molar-refractivity contribution >= 4 is 45.7 Å². The molecule has 2 aromatic heterocycles. The van der Waals surface area contributed by atoms with Crippen LogP contribution in [0.15, 0.2) is 16.5 Å². The van der Waals surface area contributed by atoms with Gasteiger partial charge in [-0.2, -0.15) is 0 Å². The molecule has 29 heavy (non-hydrogen) atoms. The monoisotopic (exact) mass is 487 g/mol. The molecule has 0 aliphatic rings. The van der Waals surface area contributed by atoms with E-state index in [1.165, 1.54) is 12.1 Å². The van der Waals surface area contributed by atoms with E-state index in [9.17, 15) is 14.4 Å². The summed E-state index contributed by atoms with van der Waals surface area (Å²) < 4.78 is 31.8. The van der Waals surface area contributed by atoms with Gasteiger partial charge < -0.3 is 24.9 Å². The molecule has 0 saturated heterocycles. The van der Waals surface area contributed by atoms with Crippen molar-refractivity contribution < 1.29 is 23.2 Å². The van der Waals surface area contributed by atoms with Crippen LogP contribution in [0.3, 0.4) is 0 Å². The van der Waals surface area contributed by atoms with Crippen molar-refractivity contribution in [3.8, 4) is 11.6 Å². The van der Waals surface area contributed by atoms with Crippen LogP contribution in [-0.2, 0) is 17.4 Å². The number of alkyl halides is 1. The van der Waals surface area contributed by atoms with Crippen LogP contribution in [0.5, 0.6) is 0 Å². The number of benzene rings is 1. The molecule has 0 atom stereocenters. The van der Waals surface area contributed by atoms with Crippen LogP contribution in [-0.4, -0.2) is 25.1 Å². The van der Waals surface area contributed by atoms with Crippen LogP contribution in [0.4, 0.5) is 10.1 Å². The van der Waals surface area contributed by atoms with E-state index in [1.807, 2.05) is 13.8 Å². The van der Waals surface area contributed by atoms with Crippen molar-refractivity contribution in [2.45, 2.75) is 39.5 Å². The lowest BCUT2D eigenvalue weighted by Gasteiger charge is -2.15. The first-order chi connectivity index (χ1) is 13.6. The van der Waals surface area contributed by atoms with Gasteiger partial charge in [0.05, 0.1) is 16.7 Å². The first-order valence-electron chi connectivity index (χ1n) is 9.34. The Bertz CT molecular complexity index is 1070. The fraction of sp³-hybridized carbons (Fsp3) is 0.421. The largest absolute Gasteiger partial charge is 0.445 e. The fourth-order valence-electron chi connectivity index (χ4n) is 3.35. The number of aromatic amines is 1. The molecule has 5 N–H and O–H groups in total. The topological polar surface area (TPSA) is 125 Å². The highest BCUT2D eigenvalue weighted by molar-refractivity contribution is 9.09. The smallest absolute Gasteiger partial charge is 0.391 e. The first kappa shape index (κ1) is 22.0. The number of imidazole rings is 1. The number of nitrogens with zero attached hydrogens (tertiary/aromatic N) is 1. The average molecular weight is 488 g/mol. The Balaban J connectivity index is 2.17. The molecule has 1 aromatic carbocycles. The quantitative estimate of drug-likeness (QED) is 0.163. The number of fused-ring (bicyclic) bond motifs is 1. The van der Waals surface area contributed by atoms with Gasteiger partial charge in [0, 0.05) is 5.33 Å². The molecule has 0 aliphatic heterocycles. The third-order valence-electron chi connectivity index (χ3n) is 4.66. The van der Waals surface area contributed by atoms with E-state index in [-0.39, 0.29) is 23.2 Å². The Hall–Kier alpha value is -1.67. The van der Waals surface area contributed by atoms with Crippen LogP contribution in [0.25, 0.3) is 22.6 Å². The molecule has 0 bridgehead atoms. The van der Waals surface area contributed by atoms with Gasteiger partial charge in [-0.1, -0.05) is 29.8 Å². The Kier molecular flexibility index (Phi) is 6.53. The van der Waals surface area contributed by atoms with Crippen LogP contribution >= 0.6 is 23.5 Å². The number of unbranched alkanes of at least 4 members (excludes halogenated alkanes) is 1. The standard InChI is InChI=1S/C19H24BrFN3O4P/c1-10(2)9-12-11(5-3-4-8-20)17-18(16(22)15(12)21)24-19(23-17)13-6-7-14(28-13)29(25,26)27/h6-7,10H,3-5,8-9,22H2,1-2H3,(H,23,24)(H2,25,26,27). The number of aryl methyl sites for hydroxylation is 1. The fourth-order valence-corrected chi connectivity index (χ4v) is 4.23. The summed E-state index contributed by atoms with van der Waals surface area (Å²) in [5.74, 6) is 0.196. The summed E-state index contributed by atoms with van der Waals surface area (Å²) in [6.07, 6.45) is 2.99. The lowest BCUT2D eigenvalue weighted by Crippen LogP contribution is -2.08. The van der Waals surface area contributed by atoms with Crippen LogP contribution in [0.2, 0.25) is 0 Å². The number of furan rings is 1. The van der Waals surface area contributed by atoms with Gasteiger partial charge in [-0.3, -0.25) is 4.57 Å². The molecule has 0 aliphatic carbocycles. The second kappa shape index (κ2) is 8.60. The zero-order chi connectivity index (χ0) is 21.3. The van der Waals surface area contributed by atoms with Gasteiger partial charge in [0.15, 0.2) is 17.4 Å². The Morgan fingerprint density at radius 3 is 2.62 bits per heavy atom. The number of H-pyrrole nitrogens is 1. The molecule has 10 heteroatoms. The van der Waals surface area contributed by atoms with Gasteiger partial charge in [0.2, 0.25) is 5.50 Å². The summed E-state index contributed by atoms with van der Waals surface area (Å²) in [6.45, 7) is 4.04. The third-order valence-corrected chi connectivity index (χ3v) is 6.04. The van der Waals surface area contributed by atoms with Gasteiger partial charge in [-0.15, -0.1) is 0 Å². The van der Waals surface area contributed by atoms with Crippen molar-refractivity contribution in [2.24, 2.45) is 5.92 Å². The molecule has 3 aromatic rings. The molecule has 2 heterocycles. The number of halogens is 2. The van der Waals surface area contributed by atoms with Crippen LogP contribution in [0.1, 0.15) is 37.8 Å². The number of nitrogen functional groups attached to an aromatic ring is 1. The SMILES string of the molecule is CC(C)Cc1c(F)c(N)c2[nH]c(-c3ccc(P(=O)(O)O)o3)nc2c1CCCCBr. The van der Waals surface area contributed by atoms with Crippen molar-refractivity contribution in [3.63, 3.8) is 0 Å². The average Bonchev–Trinajstić information content (AvgIpc) is 3.28. The van der Waals surface area contributed by atoms with Gasteiger partial charge in [0.25, 0.3) is 0 Å². The molecule has 0 radical (unpaired) electrons. The molecule has 158 valence electrons. The molecule has 7 nitrogen and oxygen atoms in total. The number of nitrogens with one attached hydrogen (secondary N) is 1. The van der Waals surface area contributed by atoms with Gasteiger partial charge in [-0.25, -0.2) is 9.37 Å². The minimum Gasteiger partial charge on any atom is -0.445 e. The minimum atomic E-state index is -4.52. The Labute approximate surface area is 176 Å². The molecule has 0 saturated carbocycles. The zero-order valence-electron chi connectivity index (χ0n) is 16.2. The van der Waals surface area contributed by atoms with Gasteiger partial charge in [-0.05, 0) is 54.9 Å². The summed E-state index contributed by atoms with van der Waals surface area (Å²) in [4.78, 5) is 26.1. The van der Waals surface area contributed by atoms with E-state index in [1.54, 1.807) is 0 Å². The number of aromatic nitrogens is 2. The van der Waals surface area contributed by atoms with Crippen LogP contribution < -0.4 is 11.2 Å². The predicted molar refractivity (Wildman–Crippen MR) is 115 cm³/mol. The predicted octanol–water partition coefficient (Wildman–Crippen LogP) is 4.26. The van der Waals surface area contributed by atoms with Crippen molar-refractivity contribution in [2.75, 3.05) is 11.1 Å². The van der Waals surface area contributed by atoms with Crippen LogP contribution in [0, 0.1) is 11.7 Å². The highest BCUT2D eigenvalue weighted by atomic mass is 79.9. The second-order valence-corrected chi connectivity index (χ2v) is 9.74. The van der Waals surface area contributed by atoms with Crippen molar-refractivity contribution in [3.05, 3.63) is 29.1 Å². The third kappa shape index (κ3) is 4.58. The Morgan fingerprint density at radius 2 is 2.03 bits per heavy atom. The van der Waals surface area contributed by atoms with E-state index in [2.05, 4.69) is 25.9 Å². The number of nitrogens with two attached hydrogens (primary N) is 1. The maximum Gasteiger partial charge on any atom is 0.391 e. The maximum absolute atomic E-state index is 15.1. The van der Waals surface area contributed by atoms with Gasteiger partial charge >= 0.3 is 7.60 Å². The first-order valence-corrected chi connectivity index (χ1v) is 12.1. The molecule has 0 unspecified atom stereocenters. The van der Waals surface area contributed by atoms with E-state index in [4.69, 9.17) is 10.2 Å². The van der Waals surface area contributed by atoms with E-state index in [0.29, 0.717) is 29.4 Å². The van der Waals surface area contributed by atoms with Crippen molar-refractivity contribution in [1.82, 2.24) is 9.97 Å². The highest BCUT2D eigenvalue weighted by Gasteiger charge is 2.25. The second-order valence-electron chi connectivity index (χ2n) is 7.42. The van der Waals surface area contributed by atoms with Crippen molar-refractivity contribution in [1.29, 1.82) is 0 Å². The molecular formula is C19H24BrFN3O4P. The molecule has 0 spiro atoms. The van der Waals surface area contributed by atoms with Gasteiger partial charge in [0.1, 0.15) is 0 Å². The zero-order valence-corrected chi connectivity index (χ0v) is 18.7.